The Bertz CT molecular complexity index is 574. The lowest BCUT2D eigenvalue weighted by molar-refractivity contribution is 0.230. The Hall–Kier alpha value is -2.48. The third-order valence-electron chi connectivity index (χ3n) is 3.29. The zero-order chi connectivity index (χ0) is 16.0. The first-order valence-corrected chi connectivity index (χ1v) is 6.92. The fourth-order valence-corrected chi connectivity index (χ4v) is 2.27. The second-order valence-electron chi connectivity index (χ2n) is 4.64. The molecule has 0 heterocycles. The molecule has 0 aliphatic carbocycles. The van der Waals surface area contributed by atoms with Crippen LogP contribution in [-0.2, 0) is 6.42 Å². The maximum Gasteiger partial charge on any atom is 0.332 e. The van der Waals surface area contributed by atoms with E-state index in [1.165, 1.54) is 0 Å². The molecule has 5 nitrogen and oxygen atoms in total. The molecular formula is C16H22N4O. The highest BCUT2D eigenvalue weighted by Gasteiger charge is 2.25. The second-order valence-corrected chi connectivity index (χ2v) is 4.64. The molecule has 0 saturated heterocycles. The van der Waals surface area contributed by atoms with E-state index in [0.717, 1.165) is 28.1 Å². The monoisotopic (exact) mass is 286 g/mol. The molecule has 0 radical (unpaired) electrons. The first kappa shape index (κ1) is 16.6. The van der Waals surface area contributed by atoms with Crippen molar-refractivity contribution in [3.63, 3.8) is 0 Å². The summed E-state index contributed by atoms with van der Waals surface area (Å²) in [5.41, 5.74) is 8.43. The Morgan fingerprint density at radius 2 is 2.10 bits per heavy atom. The second kappa shape index (κ2) is 7.34. The van der Waals surface area contributed by atoms with Gasteiger partial charge in [-0.3, -0.25) is 15.2 Å². The number of carbonyl (C=O) groups is 1. The molecule has 21 heavy (non-hydrogen) atoms. The number of hydrogen-bond acceptors (Lipinski definition) is 2. The number of nitrogens with zero attached hydrogens (tertiary/aromatic N) is 2. The Morgan fingerprint density at radius 1 is 1.43 bits per heavy atom. The van der Waals surface area contributed by atoms with Gasteiger partial charge >= 0.3 is 6.03 Å². The van der Waals surface area contributed by atoms with Crippen molar-refractivity contribution in [1.29, 1.82) is 5.41 Å². The van der Waals surface area contributed by atoms with Crippen LogP contribution < -0.4 is 10.6 Å². The number of terminal acetylenes is 1. The molecule has 5 heteroatoms. The van der Waals surface area contributed by atoms with Crippen LogP contribution in [0.25, 0.3) is 0 Å². The van der Waals surface area contributed by atoms with E-state index in [-0.39, 0.29) is 18.5 Å². The summed E-state index contributed by atoms with van der Waals surface area (Å²) in [5.74, 6) is 2.02. The number of amides is 2. The molecule has 1 aromatic rings. The predicted octanol–water partition coefficient (Wildman–Crippen LogP) is 2.33. The third-order valence-corrected chi connectivity index (χ3v) is 3.29. The van der Waals surface area contributed by atoms with Crippen molar-refractivity contribution < 1.29 is 4.79 Å². The lowest BCUT2D eigenvalue weighted by Crippen LogP contribution is -2.49. The van der Waals surface area contributed by atoms with Gasteiger partial charge in [0.1, 0.15) is 0 Å². The number of carbonyl (C=O) groups excluding carboxylic acids is 1. The van der Waals surface area contributed by atoms with Crippen LogP contribution in [0.3, 0.4) is 0 Å². The Kier molecular flexibility index (Phi) is 5.79. The van der Waals surface area contributed by atoms with E-state index in [9.17, 15) is 4.79 Å². The Labute approximate surface area is 126 Å². The molecule has 3 N–H and O–H groups in total. The van der Waals surface area contributed by atoms with Crippen molar-refractivity contribution in [2.24, 2.45) is 5.73 Å². The SMILES string of the molecule is C#CCN(C(=N)N)C(=O)N(CC)c1c(C)cccc1CC. The Balaban J connectivity index is 3.28. The number of nitrogens with one attached hydrogen (secondary N) is 1. The van der Waals surface area contributed by atoms with Crippen LogP contribution in [0.1, 0.15) is 25.0 Å². The number of hydrogen-bond donors (Lipinski definition) is 2. The molecule has 0 unspecified atom stereocenters. The number of rotatable bonds is 4. The highest BCUT2D eigenvalue weighted by atomic mass is 16.2. The summed E-state index contributed by atoms with van der Waals surface area (Å²) in [5, 5.41) is 7.53. The van der Waals surface area contributed by atoms with Crippen LogP contribution >= 0.6 is 0 Å². The molecule has 1 aromatic carbocycles. The van der Waals surface area contributed by atoms with E-state index in [1.807, 2.05) is 39.0 Å². The fraction of sp³-hybridized carbons (Fsp3) is 0.375. The average molecular weight is 286 g/mol. The van der Waals surface area contributed by atoms with Crippen molar-refractivity contribution >= 4 is 17.7 Å². The van der Waals surface area contributed by atoms with Crippen molar-refractivity contribution in [3.8, 4) is 12.3 Å². The van der Waals surface area contributed by atoms with Crippen molar-refractivity contribution in [1.82, 2.24) is 4.90 Å². The molecule has 2 amide bonds. The van der Waals surface area contributed by atoms with Gasteiger partial charge in [-0.05, 0) is 31.4 Å². The molecule has 0 spiro atoms. The molecule has 0 saturated carbocycles. The summed E-state index contributed by atoms with van der Waals surface area (Å²) in [4.78, 5) is 15.4. The number of nitrogens with two attached hydrogens (primary N) is 1. The maximum absolute atomic E-state index is 12.7. The highest BCUT2D eigenvalue weighted by Crippen LogP contribution is 2.26. The number of anilines is 1. The van der Waals surface area contributed by atoms with Crippen LogP contribution in [0.15, 0.2) is 18.2 Å². The van der Waals surface area contributed by atoms with Crippen molar-refractivity contribution in [2.75, 3.05) is 18.0 Å². The average Bonchev–Trinajstić information content (AvgIpc) is 2.46. The minimum atomic E-state index is -0.369. The van der Waals surface area contributed by atoms with Crippen LogP contribution in [0.2, 0.25) is 0 Å². The van der Waals surface area contributed by atoms with Gasteiger partial charge in [0.15, 0.2) is 5.96 Å². The molecule has 0 aliphatic rings. The molecular weight excluding hydrogens is 264 g/mol. The van der Waals surface area contributed by atoms with Crippen LogP contribution in [0.4, 0.5) is 10.5 Å². The largest absolute Gasteiger partial charge is 0.370 e. The normalized spacial score (nSPS) is 9.81. The minimum absolute atomic E-state index is 0.0159. The van der Waals surface area contributed by atoms with Crippen molar-refractivity contribution in [2.45, 2.75) is 27.2 Å². The molecule has 1 rings (SSSR count). The number of aryl methyl sites for hydroxylation is 2. The summed E-state index contributed by atoms with van der Waals surface area (Å²) in [6.45, 7) is 6.35. The van der Waals surface area contributed by atoms with E-state index in [1.54, 1.807) is 4.90 Å². The lowest BCUT2D eigenvalue weighted by atomic mass is 10.0. The standard InChI is InChI=1S/C16H22N4O/c1-5-11-20(15(17)18)16(21)19(7-3)14-12(4)9-8-10-13(14)6-2/h1,8-10H,6-7,11H2,2-4H3,(H3,17,18). The van der Waals surface area contributed by atoms with E-state index >= 15 is 0 Å². The molecule has 0 fully saturated rings. The first-order valence-electron chi connectivity index (χ1n) is 6.92. The van der Waals surface area contributed by atoms with E-state index < -0.39 is 0 Å². The number of benzene rings is 1. The first-order chi connectivity index (χ1) is 9.97. The van der Waals surface area contributed by atoms with Gasteiger partial charge < -0.3 is 5.73 Å². The minimum Gasteiger partial charge on any atom is -0.370 e. The number of guanidine groups is 1. The van der Waals surface area contributed by atoms with Crippen LogP contribution in [-0.4, -0.2) is 30.0 Å². The summed E-state index contributed by atoms with van der Waals surface area (Å²) in [6.07, 6.45) is 6.07. The molecule has 0 bridgehead atoms. The molecule has 0 aromatic heterocycles. The predicted molar refractivity (Wildman–Crippen MR) is 86.4 cm³/mol. The van der Waals surface area contributed by atoms with Gasteiger partial charge in [0.25, 0.3) is 0 Å². The quantitative estimate of drug-likeness (QED) is 0.506. The lowest BCUT2D eigenvalue weighted by Gasteiger charge is -2.30. The van der Waals surface area contributed by atoms with Crippen LogP contribution in [0.5, 0.6) is 0 Å². The van der Waals surface area contributed by atoms with Gasteiger partial charge in [-0.2, -0.15) is 0 Å². The maximum atomic E-state index is 12.7. The van der Waals surface area contributed by atoms with Crippen molar-refractivity contribution in [3.05, 3.63) is 29.3 Å². The zero-order valence-corrected chi connectivity index (χ0v) is 12.8. The molecule has 112 valence electrons. The molecule has 0 aliphatic heterocycles. The highest BCUT2D eigenvalue weighted by molar-refractivity contribution is 6.03. The summed E-state index contributed by atoms with van der Waals surface area (Å²) >= 11 is 0. The van der Waals surface area contributed by atoms with Gasteiger partial charge in [0, 0.05) is 6.54 Å². The van der Waals surface area contributed by atoms with E-state index in [2.05, 4.69) is 5.92 Å². The smallest absolute Gasteiger partial charge is 0.332 e. The van der Waals surface area contributed by atoms with Gasteiger partial charge in [-0.25, -0.2) is 4.79 Å². The van der Waals surface area contributed by atoms with Gasteiger partial charge in [-0.15, -0.1) is 6.42 Å². The third kappa shape index (κ3) is 3.54. The Morgan fingerprint density at radius 3 is 2.57 bits per heavy atom. The summed E-state index contributed by atoms with van der Waals surface area (Å²) in [7, 11) is 0. The van der Waals surface area contributed by atoms with Gasteiger partial charge in [0.05, 0.1) is 12.2 Å². The van der Waals surface area contributed by atoms with Gasteiger partial charge in [-0.1, -0.05) is 31.0 Å². The van der Waals surface area contributed by atoms with Crippen LogP contribution in [0, 0.1) is 24.7 Å². The summed E-state index contributed by atoms with van der Waals surface area (Å²) < 4.78 is 0. The summed E-state index contributed by atoms with van der Waals surface area (Å²) in [6, 6.07) is 5.56. The number of urea groups is 1. The van der Waals surface area contributed by atoms with E-state index in [0.29, 0.717) is 6.54 Å². The topological polar surface area (TPSA) is 73.4 Å². The molecule has 0 atom stereocenters. The zero-order valence-electron chi connectivity index (χ0n) is 12.8. The van der Waals surface area contributed by atoms with Gasteiger partial charge in [0.2, 0.25) is 0 Å². The van der Waals surface area contributed by atoms with E-state index in [4.69, 9.17) is 17.6 Å². The number of para-hydroxylation sites is 1. The fourth-order valence-electron chi connectivity index (χ4n) is 2.27.